The third-order valence-electron chi connectivity index (χ3n) is 4.55. The zero-order valence-corrected chi connectivity index (χ0v) is 13.8. The molecule has 2 heterocycles. The summed E-state index contributed by atoms with van der Waals surface area (Å²) in [6, 6.07) is 11.3. The maximum Gasteiger partial charge on any atom is 0.410 e. The first-order valence-electron chi connectivity index (χ1n) is 8.28. The molecule has 0 aromatic heterocycles. The number of amides is 1. The molecule has 0 radical (unpaired) electrons. The number of nitriles is 1. The first-order chi connectivity index (χ1) is 12.1. The van der Waals surface area contributed by atoms with E-state index >= 15 is 0 Å². The summed E-state index contributed by atoms with van der Waals surface area (Å²) in [7, 11) is 0. The minimum Gasteiger partial charge on any atom is -0.445 e. The van der Waals surface area contributed by atoms with Crippen molar-refractivity contribution in [3.63, 3.8) is 0 Å². The van der Waals surface area contributed by atoms with Crippen LogP contribution in [0.2, 0.25) is 0 Å². The quantitative estimate of drug-likeness (QED) is 0.828. The molecule has 1 amide bonds. The number of rotatable bonds is 4. The number of ether oxygens (including phenoxy) is 3. The summed E-state index contributed by atoms with van der Waals surface area (Å²) in [6.07, 6.45) is -0.326. The van der Waals surface area contributed by atoms with Crippen LogP contribution >= 0.6 is 0 Å². The molecule has 2 saturated heterocycles. The van der Waals surface area contributed by atoms with Crippen LogP contribution in [0.4, 0.5) is 4.79 Å². The smallest absolute Gasteiger partial charge is 0.410 e. The number of carbonyl (C=O) groups is 2. The maximum absolute atomic E-state index is 12.3. The molecule has 2 fully saturated rings. The van der Waals surface area contributed by atoms with E-state index in [4.69, 9.17) is 19.5 Å². The number of ketones is 1. The summed E-state index contributed by atoms with van der Waals surface area (Å²) < 4.78 is 16.7. The SMILES string of the molecule is N#CCC(=O)C1CN(C(=O)OCc2ccccc2)CCC12OCCO2. The van der Waals surface area contributed by atoms with Crippen molar-refractivity contribution >= 4 is 11.9 Å². The van der Waals surface area contributed by atoms with Crippen LogP contribution in [0, 0.1) is 17.2 Å². The minimum atomic E-state index is -1.01. The molecule has 7 nitrogen and oxygen atoms in total. The highest BCUT2D eigenvalue weighted by Gasteiger charge is 2.51. The molecule has 1 unspecified atom stereocenters. The van der Waals surface area contributed by atoms with E-state index in [0.717, 1.165) is 5.56 Å². The molecule has 3 rings (SSSR count). The summed E-state index contributed by atoms with van der Waals surface area (Å²) in [5, 5.41) is 8.83. The van der Waals surface area contributed by atoms with Crippen molar-refractivity contribution in [3.05, 3.63) is 35.9 Å². The third kappa shape index (κ3) is 3.81. The summed E-state index contributed by atoms with van der Waals surface area (Å²) in [5.74, 6) is -1.96. The van der Waals surface area contributed by atoms with E-state index in [1.165, 1.54) is 4.90 Å². The third-order valence-corrected chi connectivity index (χ3v) is 4.55. The van der Waals surface area contributed by atoms with Gasteiger partial charge in [0.1, 0.15) is 6.61 Å². The largest absolute Gasteiger partial charge is 0.445 e. The fourth-order valence-corrected chi connectivity index (χ4v) is 3.26. The Kier molecular flexibility index (Phi) is 5.31. The zero-order chi connectivity index (χ0) is 17.7. The molecule has 1 atom stereocenters. The number of piperidine rings is 1. The fraction of sp³-hybridized carbons (Fsp3) is 0.500. The first kappa shape index (κ1) is 17.4. The predicted octanol–water partition coefficient (Wildman–Crippen LogP) is 1.87. The number of nitrogens with zero attached hydrogens (tertiary/aromatic N) is 2. The van der Waals surface area contributed by atoms with Gasteiger partial charge in [-0.2, -0.15) is 5.26 Å². The molecule has 0 N–H and O–H groups in total. The van der Waals surface area contributed by atoms with E-state index in [-0.39, 0.29) is 25.4 Å². The molecular weight excluding hydrogens is 324 g/mol. The van der Waals surface area contributed by atoms with Crippen LogP contribution in [0.25, 0.3) is 0 Å². The lowest BCUT2D eigenvalue weighted by atomic mass is 9.86. The summed E-state index contributed by atoms with van der Waals surface area (Å²) in [6.45, 7) is 1.51. The average molecular weight is 344 g/mol. The van der Waals surface area contributed by atoms with Gasteiger partial charge >= 0.3 is 6.09 Å². The second kappa shape index (κ2) is 7.64. The van der Waals surface area contributed by atoms with Crippen molar-refractivity contribution in [2.75, 3.05) is 26.3 Å². The average Bonchev–Trinajstić information content (AvgIpc) is 3.10. The van der Waals surface area contributed by atoms with Crippen molar-refractivity contribution < 1.29 is 23.8 Å². The van der Waals surface area contributed by atoms with Gasteiger partial charge in [-0.1, -0.05) is 30.3 Å². The molecule has 2 aliphatic heterocycles. The number of benzene rings is 1. The first-order valence-corrected chi connectivity index (χ1v) is 8.28. The Bertz CT molecular complexity index is 664. The lowest BCUT2D eigenvalue weighted by molar-refractivity contribution is -0.216. The summed E-state index contributed by atoms with van der Waals surface area (Å²) in [5.41, 5.74) is 0.892. The Morgan fingerprint density at radius 2 is 2.00 bits per heavy atom. The summed E-state index contributed by atoms with van der Waals surface area (Å²) >= 11 is 0. The monoisotopic (exact) mass is 344 g/mol. The number of hydrogen-bond acceptors (Lipinski definition) is 6. The van der Waals surface area contributed by atoms with Gasteiger partial charge in [0.05, 0.1) is 31.6 Å². The van der Waals surface area contributed by atoms with Crippen LogP contribution in [-0.4, -0.2) is 48.9 Å². The Labute approximate surface area is 146 Å². The zero-order valence-electron chi connectivity index (χ0n) is 13.8. The van der Waals surface area contributed by atoms with Gasteiger partial charge in [0, 0.05) is 19.5 Å². The molecule has 0 saturated carbocycles. The van der Waals surface area contributed by atoms with E-state index in [1.54, 1.807) is 0 Å². The molecule has 7 heteroatoms. The molecule has 1 spiro atoms. The molecule has 1 aromatic rings. The van der Waals surface area contributed by atoms with E-state index in [0.29, 0.717) is 26.2 Å². The molecule has 132 valence electrons. The predicted molar refractivity (Wildman–Crippen MR) is 86.2 cm³/mol. The molecule has 1 aromatic carbocycles. The lowest BCUT2D eigenvalue weighted by Crippen LogP contribution is -2.56. The highest BCUT2D eigenvalue weighted by atomic mass is 16.7. The van der Waals surface area contributed by atoms with Crippen molar-refractivity contribution in [1.82, 2.24) is 4.90 Å². The van der Waals surface area contributed by atoms with E-state index in [2.05, 4.69) is 0 Å². The van der Waals surface area contributed by atoms with Crippen LogP contribution in [-0.2, 0) is 25.6 Å². The fourth-order valence-electron chi connectivity index (χ4n) is 3.26. The van der Waals surface area contributed by atoms with Crippen LogP contribution in [0.15, 0.2) is 30.3 Å². The van der Waals surface area contributed by atoms with Gasteiger partial charge in [-0.3, -0.25) is 4.79 Å². The van der Waals surface area contributed by atoms with Crippen LogP contribution in [0.3, 0.4) is 0 Å². The van der Waals surface area contributed by atoms with E-state index in [1.807, 2.05) is 36.4 Å². The lowest BCUT2D eigenvalue weighted by Gasteiger charge is -2.42. The van der Waals surface area contributed by atoms with Gasteiger partial charge in [0.2, 0.25) is 0 Å². The van der Waals surface area contributed by atoms with Crippen molar-refractivity contribution in [2.24, 2.45) is 5.92 Å². The molecule has 0 bridgehead atoms. The molecule has 25 heavy (non-hydrogen) atoms. The molecule has 0 aliphatic carbocycles. The van der Waals surface area contributed by atoms with Crippen molar-refractivity contribution in [3.8, 4) is 6.07 Å². The summed E-state index contributed by atoms with van der Waals surface area (Å²) in [4.78, 5) is 26.2. The van der Waals surface area contributed by atoms with E-state index in [9.17, 15) is 9.59 Å². The number of carbonyl (C=O) groups excluding carboxylic acids is 2. The number of hydrogen-bond donors (Lipinski definition) is 0. The van der Waals surface area contributed by atoms with Crippen LogP contribution in [0.5, 0.6) is 0 Å². The van der Waals surface area contributed by atoms with Crippen molar-refractivity contribution in [1.29, 1.82) is 5.26 Å². The van der Waals surface area contributed by atoms with Gasteiger partial charge in [-0.25, -0.2) is 4.79 Å². The van der Waals surface area contributed by atoms with E-state index < -0.39 is 17.8 Å². The van der Waals surface area contributed by atoms with Gasteiger partial charge in [-0.15, -0.1) is 0 Å². The minimum absolute atomic E-state index is 0.133. The van der Waals surface area contributed by atoms with Gasteiger partial charge in [0.25, 0.3) is 0 Å². The highest BCUT2D eigenvalue weighted by molar-refractivity contribution is 5.85. The van der Waals surface area contributed by atoms with Gasteiger partial charge < -0.3 is 19.1 Å². The standard InChI is InChI=1S/C18H20N2O5/c19-8-6-16(21)15-12-20(9-7-18(15)24-10-11-25-18)17(22)23-13-14-4-2-1-3-5-14/h1-5,15H,6-7,9-13H2. The Balaban J connectivity index is 1.64. The Morgan fingerprint density at radius 3 is 2.68 bits per heavy atom. The van der Waals surface area contributed by atoms with Crippen LogP contribution < -0.4 is 0 Å². The van der Waals surface area contributed by atoms with Crippen LogP contribution in [0.1, 0.15) is 18.4 Å². The highest BCUT2D eigenvalue weighted by Crippen LogP contribution is 2.37. The molecular formula is C18H20N2O5. The topological polar surface area (TPSA) is 88.9 Å². The maximum atomic E-state index is 12.3. The molecule has 2 aliphatic rings. The second-order valence-electron chi connectivity index (χ2n) is 6.10. The van der Waals surface area contributed by atoms with Crippen molar-refractivity contribution in [2.45, 2.75) is 25.2 Å². The second-order valence-corrected chi connectivity index (χ2v) is 6.10. The van der Waals surface area contributed by atoms with Gasteiger partial charge in [0.15, 0.2) is 11.6 Å². The number of Topliss-reactive ketones (excluding diaryl/α,β-unsaturated/α-hetero) is 1. The Hall–Kier alpha value is -2.43. The normalized spacial score (nSPS) is 21.7. The Morgan fingerprint density at radius 1 is 1.28 bits per heavy atom. The van der Waals surface area contributed by atoms with Gasteiger partial charge in [-0.05, 0) is 5.56 Å². The number of likely N-dealkylation sites (tertiary alicyclic amines) is 1.